The second-order valence-corrected chi connectivity index (χ2v) is 5.18. The lowest BCUT2D eigenvalue weighted by atomic mass is 10.2. The summed E-state index contributed by atoms with van der Waals surface area (Å²) in [4.78, 5) is 27.8. The standard InChI is InChI=1S/C17H17N3O4/c21-16(12-4-5-14-15(9-12)24-11-23-14)19-7-2-8-20-17(22)13-3-1-6-18-10-13/h1,3-6,9-10H,2,7-8,11H2,(H,19,21)(H,20,22). The highest BCUT2D eigenvalue weighted by Gasteiger charge is 2.15. The predicted molar refractivity (Wildman–Crippen MR) is 86.1 cm³/mol. The first-order chi connectivity index (χ1) is 11.7. The topological polar surface area (TPSA) is 89.6 Å². The van der Waals surface area contributed by atoms with Crippen LogP contribution in [0.5, 0.6) is 11.5 Å². The van der Waals surface area contributed by atoms with Gasteiger partial charge >= 0.3 is 0 Å². The van der Waals surface area contributed by atoms with E-state index in [0.29, 0.717) is 42.1 Å². The Balaban J connectivity index is 1.39. The quantitative estimate of drug-likeness (QED) is 0.782. The zero-order chi connectivity index (χ0) is 16.8. The number of nitrogens with one attached hydrogen (secondary N) is 2. The van der Waals surface area contributed by atoms with E-state index in [0.717, 1.165) is 0 Å². The number of amides is 2. The number of pyridine rings is 1. The van der Waals surface area contributed by atoms with Gasteiger partial charge in [-0.15, -0.1) is 0 Å². The Morgan fingerprint density at radius 3 is 2.50 bits per heavy atom. The van der Waals surface area contributed by atoms with Crippen LogP contribution >= 0.6 is 0 Å². The zero-order valence-corrected chi connectivity index (χ0v) is 13.0. The molecular formula is C17H17N3O4. The molecule has 0 fully saturated rings. The van der Waals surface area contributed by atoms with E-state index in [9.17, 15) is 9.59 Å². The fourth-order valence-electron chi connectivity index (χ4n) is 2.23. The van der Waals surface area contributed by atoms with Gasteiger partial charge in [-0.2, -0.15) is 0 Å². The van der Waals surface area contributed by atoms with E-state index in [2.05, 4.69) is 15.6 Å². The lowest BCUT2D eigenvalue weighted by Gasteiger charge is -2.07. The molecular weight excluding hydrogens is 310 g/mol. The summed E-state index contributed by atoms with van der Waals surface area (Å²) >= 11 is 0. The highest BCUT2D eigenvalue weighted by atomic mass is 16.7. The van der Waals surface area contributed by atoms with E-state index >= 15 is 0 Å². The first kappa shape index (κ1) is 15.8. The Bertz CT molecular complexity index is 734. The van der Waals surface area contributed by atoms with Crippen molar-refractivity contribution in [3.63, 3.8) is 0 Å². The van der Waals surface area contributed by atoms with Crippen molar-refractivity contribution in [2.75, 3.05) is 19.9 Å². The van der Waals surface area contributed by atoms with Gasteiger partial charge in [-0.1, -0.05) is 0 Å². The minimum Gasteiger partial charge on any atom is -0.454 e. The third kappa shape index (κ3) is 3.81. The monoisotopic (exact) mass is 327 g/mol. The first-order valence-electron chi connectivity index (χ1n) is 7.60. The van der Waals surface area contributed by atoms with Gasteiger partial charge < -0.3 is 20.1 Å². The summed E-state index contributed by atoms with van der Waals surface area (Å²) in [5, 5.41) is 5.58. The van der Waals surface area contributed by atoms with Gasteiger partial charge in [0.15, 0.2) is 11.5 Å². The van der Waals surface area contributed by atoms with E-state index in [4.69, 9.17) is 9.47 Å². The van der Waals surface area contributed by atoms with Crippen LogP contribution < -0.4 is 20.1 Å². The summed E-state index contributed by atoms with van der Waals surface area (Å²) in [7, 11) is 0. The molecule has 0 saturated heterocycles. The molecule has 0 aliphatic carbocycles. The maximum Gasteiger partial charge on any atom is 0.252 e. The van der Waals surface area contributed by atoms with E-state index in [1.165, 1.54) is 6.20 Å². The van der Waals surface area contributed by atoms with Gasteiger partial charge in [0.05, 0.1) is 5.56 Å². The Kier molecular flexibility index (Phi) is 4.90. The fraction of sp³-hybridized carbons (Fsp3) is 0.235. The third-order valence-corrected chi connectivity index (χ3v) is 3.48. The number of carbonyl (C=O) groups excluding carboxylic acids is 2. The molecule has 124 valence electrons. The van der Waals surface area contributed by atoms with E-state index in [1.807, 2.05) is 0 Å². The molecule has 0 spiro atoms. The maximum atomic E-state index is 12.1. The summed E-state index contributed by atoms with van der Waals surface area (Å²) in [6, 6.07) is 8.46. The largest absolute Gasteiger partial charge is 0.454 e. The molecule has 1 aromatic heterocycles. The molecule has 0 unspecified atom stereocenters. The van der Waals surface area contributed by atoms with Crippen molar-refractivity contribution in [2.45, 2.75) is 6.42 Å². The molecule has 24 heavy (non-hydrogen) atoms. The molecule has 1 aliphatic heterocycles. The Labute approximate surface area is 139 Å². The van der Waals surface area contributed by atoms with Gasteiger partial charge in [0.25, 0.3) is 11.8 Å². The van der Waals surface area contributed by atoms with Gasteiger partial charge in [0.1, 0.15) is 0 Å². The first-order valence-corrected chi connectivity index (χ1v) is 7.60. The van der Waals surface area contributed by atoms with Crippen molar-refractivity contribution < 1.29 is 19.1 Å². The fourth-order valence-corrected chi connectivity index (χ4v) is 2.23. The molecule has 2 amide bonds. The van der Waals surface area contributed by atoms with Crippen molar-refractivity contribution in [1.82, 2.24) is 15.6 Å². The van der Waals surface area contributed by atoms with Crippen LogP contribution in [-0.2, 0) is 0 Å². The summed E-state index contributed by atoms with van der Waals surface area (Å²) in [6.07, 6.45) is 3.75. The van der Waals surface area contributed by atoms with Crippen molar-refractivity contribution >= 4 is 11.8 Å². The molecule has 2 aromatic rings. The lowest BCUT2D eigenvalue weighted by molar-refractivity contribution is 0.0951. The average molecular weight is 327 g/mol. The minimum absolute atomic E-state index is 0.176. The van der Waals surface area contributed by atoms with Gasteiger partial charge in [0, 0.05) is 31.0 Å². The van der Waals surface area contributed by atoms with Crippen LogP contribution in [-0.4, -0.2) is 36.7 Å². The zero-order valence-electron chi connectivity index (χ0n) is 13.0. The molecule has 3 rings (SSSR count). The van der Waals surface area contributed by atoms with Crippen LogP contribution in [0, 0.1) is 0 Å². The summed E-state index contributed by atoms with van der Waals surface area (Å²) in [5.41, 5.74) is 1.03. The van der Waals surface area contributed by atoms with Crippen LogP contribution in [0.3, 0.4) is 0 Å². The van der Waals surface area contributed by atoms with Crippen LogP contribution in [0.15, 0.2) is 42.7 Å². The number of rotatable bonds is 6. The number of benzene rings is 1. The van der Waals surface area contributed by atoms with Crippen LogP contribution in [0.4, 0.5) is 0 Å². The molecule has 1 aliphatic rings. The number of hydrogen-bond acceptors (Lipinski definition) is 5. The Morgan fingerprint density at radius 1 is 1.00 bits per heavy atom. The SMILES string of the molecule is O=C(NCCCNC(=O)c1ccc2c(c1)OCO2)c1cccnc1. The predicted octanol–water partition coefficient (Wildman–Crippen LogP) is 1.36. The highest BCUT2D eigenvalue weighted by Crippen LogP contribution is 2.32. The number of carbonyl (C=O) groups is 2. The van der Waals surface area contributed by atoms with E-state index in [-0.39, 0.29) is 18.6 Å². The average Bonchev–Trinajstić information content (AvgIpc) is 3.09. The highest BCUT2D eigenvalue weighted by molar-refractivity contribution is 5.95. The Hall–Kier alpha value is -3.09. The van der Waals surface area contributed by atoms with Gasteiger partial charge in [-0.25, -0.2) is 0 Å². The van der Waals surface area contributed by atoms with Crippen molar-refractivity contribution in [3.05, 3.63) is 53.9 Å². The van der Waals surface area contributed by atoms with Gasteiger partial charge in [0.2, 0.25) is 6.79 Å². The molecule has 1 aromatic carbocycles. The van der Waals surface area contributed by atoms with Crippen molar-refractivity contribution in [3.8, 4) is 11.5 Å². The van der Waals surface area contributed by atoms with Crippen molar-refractivity contribution in [2.24, 2.45) is 0 Å². The number of fused-ring (bicyclic) bond motifs is 1. The van der Waals surface area contributed by atoms with Gasteiger partial charge in [-0.3, -0.25) is 14.6 Å². The van der Waals surface area contributed by atoms with E-state index in [1.54, 1.807) is 36.5 Å². The molecule has 2 heterocycles. The molecule has 0 radical (unpaired) electrons. The van der Waals surface area contributed by atoms with Crippen LogP contribution in [0.25, 0.3) is 0 Å². The normalized spacial score (nSPS) is 11.8. The number of nitrogens with zero attached hydrogens (tertiary/aromatic N) is 1. The minimum atomic E-state index is -0.188. The third-order valence-electron chi connectivity index (χ3n) is 3.48. The molecule has 2 N–H and O–H groups in total. The Morgan fingerprint density at radius 2 is 1.75 bits per heavy atom. The number of ether oxygens (including phenoxy) is 2. The molecule has 7 nitrogen and oxygen atoms in total. The molecule has 7 heteroatoms. The summed E-state index contributed by atoms with van der Waals surface area (Å²) in [5.74, 6) is 0.855. The smallest absolute Gasteiger partial charge is 0.252 e. The van der Waals surface area contributed by atoms with Gasteiger partial charge in [-0.05, 0) is 36.8 Å². The van der Waals surface area contributed by atoms with Crippen LogP contribution in [0.2, 0.25) is 0 Å². The number of hydrogen-bond donors (Lipinski definition) is 2. The number of aromatic nitrogens is 1. The molecule has 0 saturated carbocycles. The molecule has 0 atom stereocenters. The summed E-state index contributed by atoms with van der Waals surface area (Å²) in [6.45, 7) is 1.10. The van der Waals surface area contributed by atoms with Crippen LogP contribution in [0.1, 0.15) is 27.1 Å². The maximum absolute atomic E-state index is 12.1. The second kappa shape index (κ2) is 7.45. The second-order valence-electron chi connectivity index (χ2n) is 5.18. The molecule has 0 bridgehead atoms. The summed E-state index contributed by atoms with van der Waals surface area (Å²) < 4.78 is 10.5. The lowest BCUT2D eigenvalue weighted by Crippen LogP contribution is -2.29. The van der Waals surface area contributed by atoms with E-state index < -0.39 is 0 Å². The van der Waals surface area contributed by atoms with Crippen molar-refractivity contribution in [1.29, 1.82) is 0 Å².